The minimum Gasteiger partial charge on any atom is -0.385 e. The minimum absolute atomic E-state index is 0.579. The fraction of sp³-hybridized carbons (Fsp3) is 0.615. The zero-order valence-corrected chi connectivity index (χ0v) is 10.5. The van der Waals surface area contributed by atoms with Crippen molar-refractivity contribution in [2.24, 2.45) is 5.92 Å². The maximum absolute atomic E-state index is 5.65. The molecule has 1 aliphatic rings. The normalized spacial score (nSPS) is 18.2. The minimum atomic E-state index is 0.579. The Hall–Kier alpha value is -1.29. The summed E-state index contributed by atoms with van der Waals surface area (Å²) in [6.07, 6.45) is 4.33. The molecule has 4 heteroatoms. The van der Waals surface area contributed by atoms with Crippen molar-refractivity contribution >= 4 is 11.5 Å². The van der Waals surface area contributed by atoms with Crippen molar-refractivity contribution in [3.8, 4) is 0 Å². The molecule has 0 aliphatic carbocycles. The molecule has 0 saturated carbocycles. The molecule has 4 nitrogen and oxygen atoms in total. The number of hydrogen-bond acceptors (Lipinski definition) is 4. The Kier molecular flexibility index (Phi) is 4.20. The first-order valence-electron chi connectivity index (χ1n) is 6.45. The van der Waals surface area contributed by atoms with Crippen LogP contribution in [0, 0.1) is 5.92 Å². The molecular weight excluding hydrogens is 212 g/mol. The van der Waals surface area contributed by atoms with E-state index in [9.17, 15) is 0 Å². The average molecular weight is 234 g/mol. The van der Waals surface area contributed by atoms with Gasteiger partial charge in [-0.15, -0.1) is 0 Å². The Bertz CT molecular complexity index is 345. The van der Waals surface area contributed by atoms with Crippen molar-refractivity contribution in [3.63, 3.8) is 0 Å². The SMILES string of the molecule is CCN1CCC(CNc2ccnc(N)c2)CC1. The molecule has 0 atom stereocenters. The molecule has 1 fully saturated rings. The van der Waals surface area contributed by atoms with Gasteiger partial charge in [-0.2, -0.15) is 0 Å². The molecule has 0 spiro atoms. The highest BCUT2D eigenvalue weighted by Crippen LogP contribution is 2.18. The van der Waals surface area contributed by atoms with E-state index in [-0.39, 0.29) is 0 Å². The first-order chi connectivity index (χ1) is 8.28. The molecule has 0 amide bonds. The van der Waals surface area contributed by atoms with E-state index in [1.165, 1.54) is 32.5 Å². The summed E-state index contributed by atoms with van der Waals surface area (Å²) in [5.41, 5.74) is 6.72. The number of nitrogens with one attached hydrogen (secondary N) is 1. The molecule has 1 aromatic heterocycles. The molecule has 3 N–H and O–H groups in total. The van der Waals surface area contributed by atoms with E-state index < -0.39 is 0 Å². The van der Waals surface area contributed by atoms with Crippen LogP contribution in [0.1, 0.15) is 19.8 Å². The second kappa shape index (κ2) is 5.87. The van der Waals surface area contributed by atoms with E-state index in [2.05, 4.69) is 22.1 Å². The molecule has 0 unspecified atom stereocenters. The van der Waals surface area contributed by atoms with E-state index in [0.29, 0.717) is 5.82 Å². The van der Waals surface area contributed by atoms with Gasteiger partial charge in [0.25, 0.3) is 0 Å². The van der Waals surface area contributed by atoms with Gasteiger partial charge in [-0.1, -0.05) is 6.92 Å². The quantitative estimate of drug-likeness (QED) is 0.834. The number of likely N-dealkylation sites (tertiary alicyclic amines) is 1. The summed E-state index contributed by atoms with van der Waals surface area (Å²) < 4.78 is 0. The Morgan fingerprint density at radius 3 is 2.88 bits per heavy atom. The van der Waals surface area contributed by atoms with Crippen molar-refractivity contribution in [2.45, 2.75) is 19.8 Å². The molecule has 2 heterocycles. The highest BCUT2D eigenvalue weighted by atomic mass is 15.1. The number of nitrogen functional groups attached to an aromatic ring is 1. The van der Waals surface area contributed by atoms with Gasteiger partial charge in [0.1, 0.15) is 5.82 Å². The second-order valence-electron chi connectivity index (χ2n) is 4.73. The fourth-order valence-electron chi connectivity index (χ4n) is 2.33. The topological polar surface area (TPSA) is 54.2 Å². The summed E-state index contributed by atoms with van der Waals surface area (Å²) in [4.78, 5) is 6.50. The van der Waals surface area contributed by atoms with Crippen LogP contribution in [0.2, 0.25) is 0 Å². The third kappa shape index (κ3) is 3.60. The Balaban J connectivity index is 1.76. The van der Waals surface area contributed by atoms with Crippen LogP contribution in [-0.2, 0) is 0 Å². The molecule has 1 aliphatic heterocycles. The van der Waals surface area contributed by atoms with Gasteiger partial charge < -0.3 is 16.0 Å². The summed E-state index contributed by atoms with van der Waals surface area (Å²) in [5.74, 6) is 1.36. The monoisotopic (exact) mass is 234 g/mol. The smallest absolute Gasteiger partial charge is 0.125 e. The van der Waals surface area contributed by atoms with Crippen LogP contribution in [0.15, 0.2) is 18.3 Å². The fourth-order valence-corrected chi connectivity index (χ4v) is 2.33. The number of nitrogens with two attached hydrogens (primary N) is 1. The van der Waals surface area contributed by atoms with Gasteiger partial charge in [0.05, 0.1) is 0 Å². The number of anilines is 2. The zero-order valence-electron chi connectivity index (χ0n) is 10.5. The van der Waals surface area contributed by atoms with E-state index in [0.717, 1.165) is 18.2 Å². The van der Waals surface area contributed by atoms with E-state index in [1.54, 1.807) is 6.20 Å². The maximum atomic E-state index is 5.65. The largest absolute Gasteiger partial charge is 0.385 e. The molecule has 94 valence electrons. The molecule has 1 aromatic rings. The molecule has 0 aromatic carbocycles. The van der Waals surface area contributed by atoms with Crippen LogP contribution in [-0.4, -0.2) is 36.1 Å². The number of piperidine rings is 1. The van der Waals surface area contributed by atoms with Crippen LogP contribution < -0.4 is 11.1 Å². The lowest BCUT2D eigenvalue weighted by Gasteiger charge is -2.31. The van der Waals surface area contributed by atoms with Gasteiger partial charge >= 0.3 is 0 Å². The lowest BCUT2D eigenvalue weighted by Crippen LogP contribution is -2.35. The van der Waals surface area contributed by atoms with Crippen LogP contribution in [0.3, 0.4) is 0 Å². The lowest BCUT2D eigenvalue weighted by atomic mass is 9.97. The zero-order chi connectivity index (χ0) is 12.1. The van der Waals surface area contributed by atoms with Crippen LogP contribution in [0.4, 0.5) is 11.5 Å². The van der Waals surface area contributed by atoms with Gasteiger partial charge in [0.2, 0.25) is 0 Å². The lowest BCUT2D eigenvalue weighted by molar-refractivity contribution is 0.198. The highest BCUT2D eigenvalue weighted by molar-refractivity contribution is 5.49. The maximum Gasteiger partial charge on any atom is 0.125 e. The van der Waals surface area contributed by atoms with Crippen molar-refractivity contribution in [2.75, 3.05) is 37.2 Å². The predicted octanol–water partition coefficient (Wildman–Crippen LogP) is 1.81. The number of aromatic nitrogens is 1. The third-order valence-electron chi connectivity index (χ3n) is 3.53. The van der Waals surface area contributed by atoms with Gasteiger partial charge in [-0.3, -0.25) is 0 Å². The summed E-state index contributed by atoms with van der Waals surface area (Å²) in [7, 11) is 0. The molecule has 2 rings (SSSR count). The number of pyridine rings is 1. The Labute approximate surface area is 103 Å². The van der Waals surface area contributed by atoms with Crippen molar-refractivity contribution in [1.29, 1.82) is 0 Å². The average Bonchev–Trinajstić information content (AvgIpc) is 2.37. The van der Waals surface area contributed by atoms with Crippen LogP contribution >= 0.6 is 0 Å². The van der Waals surface area contributed by atoms with Gasteiger partial charge in [-0.25, -0.2) is 4.98 Å². The van der Waals surface area contributed by atoms with E-state index in [4.69, 9.17) is 5.73 Å². The van der Waals surface area contributed by atoms with Crippen molar-refractivity contribution in [3.05, 3.63) is 18.3 Å². The molecule has 0 radical (unpaired) electrons. The van der Waals surface area contributed by atoms with Crippen molar-refractivity contribution in [1.82, 2.24) is 9.88 Å². The number of hydrogen-bond donors (Lipinski definition) is 2. The molecular formula is C13H22N4. The van der Waals surface area contributed by atoms with Crippen LogP contribution in [0.25, 0.3) is 0 Å². The summed E-state index contributed by atoms with van der Waals surface area (Å²) in [5, 5.41) is 3.45. The Morgan fingerprint density at radius 1 is 1.47 bits per heavy atom. The summed E-state index contributed by atoms with van der Waals surface area (Å²) in [6, 6.07) is 3.86. The number of rotatable bonds is 4. The first kappa shape index (κ1) is 12.2. The van der Waals surface area contributed by atoms with Gasteiger partial charge in [0.15, 0.2) is 0 Å². The second-order valence-corrected chi connectivity index (χ2v) is 4.73. The van der Waals surface area contributed by atoms with Gasteiger partial charge in [0, 0.05) is 24.5 Å². The first-order valence-corrected chi connectivity index (χ1v) is 6.45. The highest BCUT2D eigenvalue weighted by Gasteiger charge is 2.17. The molecule has 17 heavy (non-hydrogen) atoms. The third-order valence-corrected chi connectivity index (χ3v) is 3.53. The van der Waals surface area contributed by atoms with E-state index >= 15 is 0 Å². The predicted molar refractivity (Wildman–Crippen MR) is 72.0 cm³/mol. The van der Waals surface area contributed by atoms with Crippen LogP contribution in [0.5, 0.6) is 0 Å². The van der Waals surface area contributed by atoms with Gasteiger partial charge in [-0.05, 0) is 44.5 Å². The molecule has 0 bridgehead atoms. The summed E-state index contributed by atoms with van der Waals surface area (Å²) in [6.45, 7) is 6.93. The number of nitrogens with zero attached hydrogens (tertiary/aromatic N) is 2. The standard InChI is InChI=1S/C13H22N4/c1-2-17-7-4-11(5-8-17)10-16-12-3-6-15-13(14)9-12/h3,6,9,11H,2,4-5,7-8,10H2,1H3,(H3,14,15,16). The molecule has 1 saturated heterocycles. The summed E-state index contributed by atoms with van der Waals surface area (Å²) >= 11 is 0. The van der Waals surface area contributed by atoms with Crippen molar-refractivity contribution < 1.29 is 0 Å². The Morgan fingerprint density at radius 2 is 2.24 bits per heavy atom. The van der Waals surface area contributed by atoms with E-state index in [1.807, 2.05) is 12.1 Å².